The predicted molar refractivity (Wildman–Crippen MR) is 129 cm³/mol. The second kappa shape index (κ2) is 10.6. The fraction of sp³-hybridized carbons (Fsp3) is 0.280. The molecule has 0 aliphatic heterocycles. The normalized spacial score (nSPS) is 12.5. The van der Waals surface area contributed by atoms with Crippen LogP contribution >= 0.6 is 0 Å². The number of nitrogens with zero attached hydrogens (tertiary/aromatic N) is 2. The zero-order valence-corrected chi connectivity index (χ0v) is 19.9. The molecule has 7 nitrogen and oxygen atoms in total. The highest BCUT2D eigenvalue weighted by Gasteiger charge is 2.29. The van der Waals surface area contributed by atoms with Crippen LogP contribution in [0.2, 0.25) is 0 Å². The molecule has 3 aromatic carbocycles. The van der Waals surface area contributed by atoms with Crippen molar-refractivity contribution in [3.8, 4) is 0 Å². The molecule has 0 unspecified atom stereocenters. The minimum atomic E-state index is -3.89. The van der Waals surface area contributed by atoms with Gasteiger partial charge < -0.3 is 10.2 Å². The van der Waals surface area contributed by atoms with Gasteiger partial charge in [0, 0.05) is 20.6 Å². The van der Waals surface area contributed by atoms with E-state index >= 15 is 0 Å². The first kappa shape index (κ1) is 24.4. The molecule has 0 bridgehead atoms. The lowest BCUT2D eigenvalue weighted by Gasteiger charge is -2.30. The molecule has 1 N–H and O–H groups in total. The Hall–Kier alpha value is -3.23. The van der Waals surface area contributed by atoms with Crippen LogP contribution in [0.25, 0.3) is 10.8 Å². The molecule has 3 aromatic rings. The summed E-state index contributed by atoms with van der Waals surface area (Å²) >= 11 is 0. The molecule has 0 heterocycles. The van der Waals surface area contributed by atoms with E-state index in [1.807, 2.05) is 54.6 Å². The first-order valence-corrected chi connectivity index (χ1v) is 12.2. The Morgan fingerprint density at radius 3 is 2.24 bits per heavy atom. The second-order valence-electron chi connectivity index (χ2n) is 7.88. The maximum atomic E-state index is 13.2. The molecule has 0 fully saturated rings. The van der Waals surface area contributed by atoms with Crippen LogP contribution in [0.4, 0.5) is 0 Å². The lowest BCUT2D eigenvalue weighted by molar-refractivity contribution is -0.139. The minimum Gasteiger partial charge on any atom is -0.357 e. The fourth-order valence-corrected chi connectivity index (χ4v) is 4.81. The maximum absolute atomic E-state index is 13.2. The van der Waals surface area contributed by atoms with Crippen molar-refractivity contribution < 1.29 is 18.0 Å². The fourth-order valence-electron chi connectivity index (χ4n) is 3.65. The quantitative estimate of drug-likeness (QED) is 0.524. The summed E-state index contributed by atoms with van der Waals surface area (Å²) in [5, 5.41) is 4.29. The minimum absolute atomic E-state index is 0.117. The molecule has 0 aliphatic carbocycles. The number of carbonyl (C=O) groups is 2. The van der Waals surface area contributed by atoms with E-state index in [0.29, 0.717) is 13.0 Å². The topological polar surface area (TPSA) is 86.8 Å². The summed E-state index contributed by atoms with van der Waals surface area (Å²) in [5.74, 6) is -0.745. The number of benzene rings is 3. The van der Waals surface area contributed by atoms with E-state index in [-0.39, 0.29) is 17.3 Å². The summed E-state index contributed by atoms with van der Waals surface area (Å²) in [7, 11) is -1.01. The molecule has 3 rings (SSSR count). The third kappa shape index (κ3) is 5.77. The van der Waals surface area contributed by atoms with Gasteiger partial charge in [0.05, 0.1) is 11.4 Å². The van der Waals surface area contributed by atoms with Crippen LogP contribution < -0.4 is 5.32 Å². The average molecular weight is 468 g/mol. The van der Waals surface area contributed by atoms with Gasteiger partial charge in [-0.15, -0.1) is 0 Å². The summed E-state index contributed by atoms with van der Waals surface area (Å²) in [6.45, 7) is 1.56. The standard InChI is InChI=1S/C25H29N3O4S/c1-19(25(30)26-2)28(16-15-20-9-5-4-6-10-20)24(29)18-27(3)33(31,32)23-14-13-21-11-7-8-12-22(21)17-23/h4-14,17,19H,15-16,18H2,1-3H3,(H,26,30)/t19-/m1/s1. The van der Waals surface area contributed by atoms with Crippen LogP contribution in [0.3, 0.4) is 0 Å². The number of carbonyl (C=O) groups excluding carboxylic acids is 2. The molecule has 0 aliphatic rings. The van der Waals surface area contributed by atoms with Gasteiger partial charge in [-0.1, -0.05) is 60.7 Å². The Kier molecular flexibility index (Phi) is 7.84. The Balaban J connectivity index is 1.79. The molecule has 0 spiro atoms. The van der Waals surface area contributed by atoms with Crippen LogP contribution in [-0.2, 0) is 26.0 Å². The van der Waals surface area contributed by atoms with Gasteiger partial charge in [-0.05, 0) is 41.8 Å². The third-order valence-corrected chi connectivity index (χ3v) is 7.48. The zero-order chi connectivity index (χ0) is 24.0. The number of sulfonamides is 1. The summed E-state index contributed by atoms with van der Waals surface area (Å²) in [6.07, 6.45) is 0.551. The largest absolute Gasteiger partial charge is 0.357 e. The van der Waals surface area contributed by atoms with Crippen molar-refractivity contribution in [2.45, 2.75) is 24.3 Å². The molecule has 8 heteroatoms. The second-order valence-corrected chi connectivity index (χ2v) is 9.93. The zero-order valence-electron chi connectivity index (χ0n) is 19.1. The van der Waals surface area contributed by atoms with E-state index in [2.05, 4.69) is 5.32 Å². The van der Waals surface area contributed by atoms with Crippen LogP contribution in [0.15, 0.2) is 77.7 Å². The van der Waals surface area contributed by atoms with Gasteiger partial charge in [-0.3, -0.25) is 9.59 Å². The summed E-state index contributed by atoms with van der Waals surface area (Å²) in [4.78, 5) is 27.0. The average Bonchev–Trinajstić information content (AvgIpc) is 2.83. The van der Waals surface area contributed by atoms with Crippen molar-refractivity contribution in [2.75, 3.05) is 27.2 Å². The van der Waals surface area contributed by atoms with Crippen molar-refractivity contribution in [1.82, 2.24) is 14.5 Å². The highest BCUT2D eigenvalue weighted by atomic mass is 32.2. The molecule has 2 amide bonds. The van der Waals surface area contributed by atoms with E-state index in [1.54, 1.807) is 25.1 Å². The number of rotatable bonds is 9. The van der Waals surface area contributed by atoms with Crippen LogP contribution in [0, 0.1) is 0 Å². The van der Waals surface area contributed by atoms with Gasteiger partial charge >= 0.3 is 0 Å². The smallest absolute Gasteiger partial charge is 0.243 e. The Morgan fingerprint density at radius 1 is 0.939 bits per heavy atom. The molecule has 0 aromatic heterocycles. The lowest BCUT2D eigenvalue weighted by Crippen LogP contribution is -2.51. The number of hydrogen-bond donors (Lipinski definition) is 1. The van der Waals surface area contributed by atoms with E-state index in [9.17, 15) is 18.0 Å². The molecule has 174 valence electrons. The van der Waals surface area contributed by atoms with Gasteiger partial charge in [-0.2, -0.15) is 4.31 Å². The van der Waals surface area contributed by atoms with Crippen LogP contribution in [0.1, 0.15) is 12.5 Å². The molecule has 0 saturated heterocycles. The van der Waals surface area contributed by atoms with E-state index in [0.717, 1.165) is 20.6 Å². The lowest BCUT2D eigenvalue weighted by atomic mass is 10.1. The number of nitrogens with one attached hydrogen (secondary N) is 1. The van der Waals surface area contributed by atoms with Gasteiger partial charge in [0.1, 0.15) is 6.04 Å². The summed E-state index contributed by atoms with van der Waals surface area (Å²) < 4.78 is 27.3. The van der Waals surface area contributed by atoms with E-state index in [1.165, 1.54) is 19.0 Å². The van der Waals surface area contributed by atoms with E-state index in [4.69, 9.17) is 0 Å². The van der Waals surface area contributed by atoms with Crippen LogP contribution in [0.5, 0.6) is 0 Å². The predicted octanol–water partition coefficient (Wildman–Crippen LogP) is 2.67. The monoisotopic (exact) mass is 467 g/mol. The maximum Gasteiger partial charge on any atom is 0.243 e. The van der Waals surface area contributed by atoms with Gasteiger partial charge in [0.25, 0.3) is 0 Å². The molecule has 1 atom stereocenters. The third-order valence-electron chi connectivity index (χ3n) is 5.68. The molecule has 0 radical (unpaired) electrons. The van der Waals surface area contributed by atoms with Gasteiger partial charge in [0.15, 0.2) is 0 Å². The summed E-state index contributed by atoms with van der Waals surface area (Å²) in [6, 6.07) is 21.3. The number of amides is 2. The highest BCUT2D eigenvalue weighted by Crippen LogP contribution is 2.21. The van der Waals surface area contributed by atoms with Gasteiger partial charge in [-0.25, -0.2) is 8.42 Å². The van der Waals surface area contributed by atoms with Crippen molar-refractivity contribution in [2.24, 2.45) is 0 Å². The number of likely N-dealkylation sites (N-methyl/N-ethyl adjacent to an activating group) is 2. The number of hydrogen-bond acceptors (Lipinski definition) is 4. The number of fused-ring (bicyclic) bond motifs is 1. The van der Waals surface area contributed by atoms with E-state index < -0.39 is 22.0 Å². The van der Waals surface area contributed by atoms with Crippen molar-refractivity contribution in [3.05, 3.63) is 78.4 Å². The molecular formula is C25H29N3O4S. The molecular weight excluding hydrogens is 438 g/mol. The van der Waals surface area contributed by atoms with Crippen LogP contribution in [-0.4, -0.2) is 62.7 Å². The highest BCUT2D eigenvalue weighted by molar-refractivity contribution is 7.89. The Morgan fingerprint density at radius 2 is 1.58 bits per heavy atom. The Labute approximate surface area is 195 Å². The Bertz CT molecular complexity index is 1230. The van der Waals surface area contributed by atoms with Gasteiger partial charge in [0.2, 0.25) is 21.8 Å². The van der Waals surface area contributed by atoms with Crippen molar-refractivity contribution >= 4 is 32.6 Å². The van der Waals surface area contributed by atoms with Crippen molar-refractivity contribution in [3.63, 3.8) is 0 Å². The first-order valence-electron chi connectivity index (χ1n) is 10.7. The first-order chi connectivity index (χ1) is 15.7. The molecule has 33 heavy (non-hydrogen) atoms. The SMILES string of the molecule is CNC(=O)[C@@H](C)N(CCc1ccccc1)C(=O)CN(C)S(=O)(=O)c1ccc2ccccc2c1. The summed E-state index contributed by atoms with van der Waals surface area (Å²) in [5.41, 5.74) is 1.02. The molecule has 0 saturated carbocycles. The van der Waals surface area contributed by atoms with Crippen molar-refractivity contribution in [1.29, 1.82) is 0 Å².